The Hall–Kier alpha value is -4.18. The van der Waals surface area contributed by atoms with Gasteiger partial charge in [0.2, 0.25) is 5.88 Å². The molecule has 140 valence electrons. The first-order valence-corrected chi connectivity index (χ1v) is 8.83. The minimum atomic E-state index is -2.14. The topological polar surface area (TPSA) is 115 Å². The van der Waals surface area contributed by atoms with Gasteiger partial charge in [-0.05, 0) is 12.1 Å². The smallest absolute Gasteiger partial charge is 0.259 e. The molecule has 2 N–H and O–H groups in total. The number of aromatic nitrogens is 1. The van der Waals surface area contributed by atoms with Crippen LogP contribution in [0.5, 0.6) is 5.75 Å². The van der Waals surface area contributed by atoms with Gasteiger partial charge in [-0.15, -0.1) is 0 Å². The number of fused-ring (bicyclic) bond motifs is 5. The van der Waals surface area contributed by atoms with Crippen molar-refractivity contribution >= 4 is 22.5 Å². The summed E-state index contributed by atoms with van der Waals surface area (Å²) in [5.74, 6) is -1.60. The van der Waals surface area contributed by atoms with E-state index in [9.17, 15) is 19.6 Å². The molecular weight excluding hydrogens is 370 g/mol. The molecule has 29 heavy (non-hydrogen) atoms. The first-order chi connectivity index (χ1) is 13.9. The van der Waals surface area contributed by atoms with Crippen molar-refractivity contribution in [3.63, 3.8) is 0 Å². The van der Waals surface area contributed by atoms with Crippen LogP contribution in [0.15, 0.2) is 64.8 Å². The molecule has 2 heterocycles. The maximum atomic E-state index is 13.6. The molecule has 1 aliphatic heterocycles. The maximum absolute atomic E-state index is 13.6. The Morgan fingerprint density at radius 3 is 2.21 bits per heavy atom. The summed E-state index contributed by atoms with van der Waals surface area (Å²) in [4.78, 5) is 40.6. The molecule has 3 aromatic rings. The number of para-hydroxylation sites is 1. The van der Waals surface area contributed by atoms with Crippen LogP contribution in [0.25, 0.3) is 10.9 Å². The van der Waals surface area contributed by atoms with E-state index in [2.05, 4.69) is 0 Å². The number of carbonyl (C=O) groups excluding carboxylic acids is 2. The fourth-order valence-corrected chi connectivity index (χ4v) is 4.35. The third kappa shape index (κ3) is 1.78. The molecule has 5 rings (SSSR count). The SMILES string of the molecule is Cn1c(=O)c2c(c3ccccc31)OC(N)=C(C#N)C21C(=O)c2ccccc2C1=O. The van der Waals surface area contributed by atoms with Gasteiger partial charge < -0.3 is 15.0 Å². The molecule has 7 heteroatoms. The first-order valence-electron chi connectivity index (χ1n) is 8.83. The second-order valence-corrected chi connectivity index (χ2v) is 6.99. The zero-order valence-electron chi connectivity index (χ0n) is 15.2. The van der Waals surface area contributed by atoms with Gasteiger partial charge in [-0.1, -0.05) is 36.4 Å². The van der Waals surface area contributed by atoms with Crippen LogP contribution in [0.1, 0.15) is 26.3 Å². The number of hydrogen-bond acceptors (Lipinski definition) is 6. The normalized spacial score (nSPS) is 16.6. The molecule has 1 aliphatic carbocycles. The largest absolute Gasteiger partial charge is 0.439 e. The summed E-state index contributed by atoms with van der Waals surface area (Å²) in [5.41, 5.74) is 3.62. The number of allylic oxidation sites excluding steroid dienone is 1. The maximum Gasteiger partial charge on any atom is 0.259 e. The first kappa shape index (κ1) is 17.0. The van der Waals surface area contributed by atoms with E-state index in [-0.39, 0.29) is 33.9 Å². The quantitative estimate of drug-likeness (QED) is 0.593. The average molecular weight is 383 g/mol. The summed E-state index contributed by atoms with van der Waals surface area (Å²) in [6.07, 6.45) is 0. The second-order valence-electron chi connectivity index (χ2n) is 6.99. The van der Waals surface area contributed by atoms with Gasteiger partial charge in [0.1, 0.15) is 17.4 Å². The molecule has 0 atom stereocenters. The van der Waals surface area contributed by atoms with Gasteiger partial charge in [0.15, 0.2) is 17.0 Å². The number of ether oxygens (including phenoxy) is 1. The van der Waals surface area contributed by atoms with Crippen molar-refractivity contribution in [2.75, 3.05) is 0 Å². The molecule has 0 radical (unpaired) electrons. The van der Waals surface area contributed by atoms with Gasteiger partial charge in [0, 0.05) is 23.6 Å². The van der Waals surface area contributed by atoms with Crippen molar-refractivity contribution in [3.05, 3.63) is 87.0 Å². The van der Waals surface area contributed by atoms with Crippen molar-refractivity contribution in [2.45, 2.75) is 5.41 Å². The number of pyridine rings is 1. The zero-order chi connectivity index (χ0) is 20.5. The number of Topliss-reactive ketones (excluding diaryl/α,β-unsaturated/α-hetero) is 2. The monoisotopic (exact) mass is 383 g/mol. The molecule has 0 saturated heterocycles. The van der Waals surface area contributed by atoms with E-state index in [4.69, 9.17) is 10.5 Å². The number of nitrogens with zero attached hydrogens (tertiary/aromatic N) is 2. The number of hydrogen-bond donors (Lipinski definition) is 1. The van der Waals surface area contributed by atoms with Crippen molar-refractivity contribution in [2.24, 2.45) is 12.8 Å². The summed E-state index contributed by atoms with van der Waals surface area (Å²) >= 11 is 0. The molecular formula is C22H13N3O4. The van der Waals surface area contributed by atoms with Crippen molar-refractivity contribution in [1.82, 2.24) is 4.57 Å². The number of rotatable bonds is 0. The Balaban J connectivity index is 2.03. The summed E-state index contributed by atoms with van der Waals surface area (Å²) in [7, 11) is 1.55. The van der Waals surface area contributed by atoms with Crippen LogP contribution in [0, 0.1) is 11.3 Å². The van der Waals surface area contributed by atoms with Crippen LogP contribution in [-0.4, -0.2) is 16.1 Å². The van der Waals surface area contributed by atoms with E-state index < -0.39 is 22.5 Å². The van der Waals surface area contributed by atoms with Gasteiger partial charge in [0.05, 0.1) is 11.1 Å². The minimum Gasteiger partial charge on any atom is -0.439 e. The molecule has 2 aromatic carbocycles. The summed E-state index contributed by atoms with van der Waals surface area (Å²) in [6, 6.07) is 15.1. The summed E-state index contributed by atoms with van der Waals surface area (Å²) in [5, 5.41) is 10.3. The fraction of sp³-hybridized carbons (Fsp3) is 0.0909. The Morgan fingerprint density at radius 2 is 1.59 bits per heavy atom. The van der Waals surface area contributed by atoms with Crippen LogP contribution in [0.2, 0.25) is 0 Å². The Kier molecular flexibility index (Phi) is 3.17. The highest BCUT2D eigenvalue weighted by Crippen LogP contribution is 2.51. The van der Waals surface area contributed by atoms with Crippen LogP contribution in [0.3, 0.4) is 0 Å². The van der Waals surface area contributed by atoms with E-state index in [1.54, 1.807) is 43.4 Å². The van der Waals surface area contributed by atoms with E-state index in [1.165, 1.54) is 16.7 Å². The highest BCUT2D eigenvalue weighted by molar-refractivity contribution is 6.36. The second kappa shape index (κ2) is 5.42. The minimum absolute atomic E-state index is 0.0368. The van der Waals surface area contributed by atoms with Crippen molar-refractivity contribution in [3.8, 4) is 11.8 Å². The van der Waals surface area contributed by atoms with Crippen molar-refractivity contribution in [1.29, 1.82) is 5.26 Å². The van der Waals surface area contributed by atoms with Gasteiger partial charge in [0.25, 0.3) is 5.56 Å². The molecule has 0 unspecified atom stereocenters. The molecule has 2 aliphatic rings. The average Bonchev–Trinajstić information content (AvgIpc) is 2.95. The lowest BCUT2D eigenvalue weighted by Crippen LogP contribution is -2.49. The third-order valence-corrected chi connectivity index (χ3v) is 5.67. The predicted octanol–water partition coefficient (Wildman–Crippen LogP) is 1.94. The van der Waals surface area contributed by atoms with Gasteiger partial charge in [-0.3, -0.25) is 14.4 Å². The Morgan fingerprint density at radius 1 is 1.00 bits per heavy atom. The predicted molar refractivity (Wildman–Crippen MR) is 103 cm³/mol. The van der Waals surface area contributed by atoms with Crippen LogP contribution in [0.4, 0.5) is 0 Å². The number of nitriles is 1. The lowest BCUT2D eigenvalue weighted by molar-refractivity contribution is 0.0815. The van der Waals surface area contributed by atoms with E-state index >= 15 is 0 Å². The van der Waals surface area contributed by atoms with Crippen LogP contribution in [-0.2, 0) is 12.5 Å². The van der Waals surface area contributed by atoms with Crippen LogP contribution >= 0.6 is 0 Å². The highest BCUT2D eigenvalue weighted by Gasteiger charge is 2.62. The standard InChI is InChI=1S/C22H13N3O4/c1-25-15-9-5-4-8-13(15)17-16(21(25)28)22(14(10-23)20(24)29-17)18(26)11-6-2-3-7-12(11)19(22)27/h2-9H,24H2,1H3. The van der Waals surface area contributed by atoms with Crippen LogP contribution < -0.4 is 16.0 Å². The molecule has 0 fully saturated rings. The van der Waals surface area contributed by atoms with Gasteiger partial charge in [-0.25, -0.2) is 0 Å². The highest BCUT2D eigenvalue weighted by atomic mass is 16.5. The number of benzene rings is 2. The van der Waals surface area contributed by atoms with E-state index in [0.29, 0.717) is 10.9 Å². The number of aryl methyl sites for hydroxylation is 1. The zero-order valence-corrected chi connectivity index (χ0v) is 15.2. The molecule has 1 spiro atoms. The summed E-state index contributed by atoms with van der Waals surface area (Å²) in [6.45, 7) is 0. The lowest BCUT2D eigenvalue weighted by Gasteiger charge is -2.32. The Labute approximate surface area is 164 Å². The Bertz CT molecular complexity index is 1390. The number of carbonyl (C=O) groups is 2. The molecule has 7 nitrogen and oxygen atoms in total. The van der Waals surface area contributed by atoms with E-state index in [1.807, 2.05) is 6.07 Å². The van der Waals surface area contributed by atoms with Gasteiger partial charge >= 0.3 is 0 Å². The molecule has 0 amide bonds. The van der Waals surface area contributed by atoms with Crippen molar-refractivity contribution < 1.29 is 14.3 Å². The lowest BCUT2D eigenvalue weighted by atomic mass is 9.69. The number of ketones is 2. The third-order valence-electron chi connectivity index (χ3n) is 5.67. The fourth-order valence-electron chi connectivity index (χ4n) is 4.35. The molecule has 1 aromatic heterocycles. The number of nitrogens with two attached hydrogens (primary N) is 1. The summed E-state index contributed by atoms with van der Waals surface area (Å²) < 4.78 is 7.03. The van der Waals surface area contributed by atoms with Gasteiger partial charge in [-0.2, -0.15) is 5.26 Å². The van der Waals surface area contributed by atoms with E-state index in [0.717, 1.165) is 0 Å². The molecule has 0 saturated carbocycles. The molecule has 0 bridgehead atoms.